The van der Waals surface area contributed by atoms with Gasteiger partial charge in [-0.1, -0.05) is 0 Å². The second-order valence-corrected chi connectivity index (χ2v) is 8.92. The Balaban J connectivity index is 2.00. The minimum Gasteiger partial charge on any atom is -0.463 e. The summed E-state index contributed by atoms with van der Waals surface area (Å²) in [6.07, 6.45) is 2.07. The molecule has 2 aliphatic heterocycles. The van der Waals surface area contributed by atoms with Crippen molar-refractivity contribution in [1.82, 2.24) is 25.6 Å². The Hall–Kier alpha value is -3.22. The Morgan fingerprint density at radius 3 is 2.14 bits per heavy atom. The SMILES string of the molecule is CCOC(=O)[C@](C)(O)C(=O)N(C)NC(=O)[C@@H]1CCCN1C(=O)[C@H](C)NC(=O)[C@@H]1CCCN1C(C)=O. The molecular formula is C22H35N5O8. The van der Waals surface area contributed by atoms with E-state index in [1.54, 1.807) is 0 Å². The monoisotopic (exact) mass is 497 g/mol. The highest BCUT2D eigenvalue weighted by molar-refractivity contribution is 6.05. The Morgan fingerprint density at radius 2 is 1.60 bits per heavy atom. The quantitative estimate of drug-likeness (QED) is 0.213. The number of carbonyl (C=O) groups excluding carboxylic acids is 6. The van der Waals surface area contributed by atoms with Gasteiger partial charge in [0.15, 0.2) is 0 Å². The zero-order valence-electron chi connectivity index (χ0n) is 20.8. The second kappa shape index (κ2) is 11.5. The van der Waals surface area contributed by atoms with Crippen molar-refractivity contribution in [1.29, 1.82) is 0 Å². The molecule has 2 fully saturated rings. The van der Waals surface area contributed by atoms with Gasteiger partial charge in [-0.2, -0.15) is 0 Å². The highest BCUT2D eigenvalue weighted by Crippen LogP contribution is 2.20. The lowest BCUT2D eigenvalue weighted by molar-refractivity contribution is -0.175. The fourth-order valence-electron chi connectivity index (χ4n) is 4.32. The number of hydrazine groups is 1. The number of likely N-dealkylation sites (N-methyl/N-ethyl adjacent to an activating group) is 1. The molecule has 0 unspecified atom stereocenters. The maximum absolute atomic E-state index is 13.0. The predicted molar refractivity (Wildman–Crippen MR) is 121 cm³/mol. The van der Waals surface area contributed by atoms with E-state index in [1.165, 1.54) is 37.6 Å². The van der Waals surface area contributed by atoms with Crippen LogP contribution in [0.3, 0.4) is 0 Å². The summed E-state index contributed by atoms with van der Waals surface area (Å²) >= 11 is 0. The van der Waals surface area contributed by atoms with Crippen molar-refractivity contribution in [3.05, 3.63) is 0 Å². The molecular weight excluding hydrogens is 462 g/mol. The van der Waals surface area contributed by atoms with Crippen molar-refractivity contribution < 1.29 is 38.6 Å². The van der Waals surface area contributed by atoms with Crippen LogP contribution in [0.2, 0.25) is 0 Å². The fourth-order valence-corrected chi connectivity index (χ4v) is 4.32. The number of esters is 1. The van der Waals surface area contributed by atoms with Crippen molar-refractivity contribution in [3.8, 4) is 0 Å². The van der Waals surface area contributed by atoms with Crippen LogP contribution >= 0.6 is 0 Å². The summed E-state index contributed by atoms with van der Waals surface area (Å²) in [5.41, 5.74) is -0.200. The number of hydrogen-bond acceptors (Lipinski definition) is 8. The summed E-state index contributed by atoms with van der Waals surface area (Å²) < 4.78 is 4.69. The van der Waals surface area contributed by atoms with Crippen LogP contribution in [0.4, 0.5) is 0 Å². The summed E-state index contributed by atoms with van der Waals surface area (Å²) in [6, 6.07) is -2.48. The van der Waals surface area contributed by atoms with Crippen molar-refractivity contribution >= 4 is 35.5 Å². The third-order valence-corrected chi connectivity index (χ3v) is 6.20. The van der Waals surface area contributed by atoms with Crippen LogP contribution in [0, 0.1) is 0 Å². The lowest BCUT2D eigenvalue weighted by Crippen LogP contribution is -2.60. The zero-order chi connectivity index (χ0) is 26.5. The molecule has 5 amide bonds. The first kappa shape index (κ1) is 28.0. The van der Waals surface area contributed by atoms with Gasteiger partial charge in [-0.15, -0.1) is 0 Å². The van der Waals surface area contributed by atoms with E-state index in [2.05, 4.69) is 15.5 Å². The molecule has 0 aromatic heterocycles. The fraction of sp³-hybridized carbons (Fsp3) is 0.727. The summed E-state index contributed by atoms with van der Waals surface area (Å²) in [7, 11) is 1.17. The Labute approximate surface area is 204 Å². The second-order valence-electron chi connectivity index (χ2n) is 8.92. The van der Waals surface area contributed by atoms with E-state index < -0.39 is 53.3 Å². The minimum absolute atomic E-state index is 0.0419. The van der Waals surface area contributed by atoms with Gasteiger partial charge in [-0.3, -0.25) is 34.4 Å². The summed E-state index contributed by atoms with van der Waals surface area (Å²) in [4.78, 5) is 77.4. The third kappa shape index (κ3) is 6.27. The number of nitrogens with zero attached hydrogens (tertiary/aromatic N) is 3. The number of hydrogen-bond donors (Lipinski definition) is 3. The first-order valence-electron chi connectivity index (χ1n) is 11.7. The number of likely N-dealkylation sites (tertiary alicyclic amines) is 2. The Morgan fingerprint density at radius 1 is 1.06 bits per heavy atom. The summed E-state index contributed by atoms with van der Waals surface area (Å²) in [5.74, 6) is -4.05. The van der Waals surface area contributed by atoms with Crippen LogP contribution in [0.1, 0.15) is 53.4 Å². The number of nitrogens with one attached hydrogen (secondary N) is 2. The van der Waals surface area contributed by atoms with Gasteiger partial charge in [-0.25, -0.2) is 4.79 Å². The van der Waals surface area contributed by atoms with E-state index in [0.29, 0.717) is 37.2 Å². The summed E-state index contributed by atoms with van der Waals surface area (Å²) in [5, 5.41) is 13.5. The molecule has 196 valence electrons. The molecule has 13 nitrogen and oxygen atoms in total. The van der Waals surface area contributed by atoms with Crippen molar-refractivity contribution in [2.75, 3.05) is 26.7 Å². The van der Waals surface area contributed by atoms with Crippen LogP contribution in [-0.4, -0.2) is 106 Å². The van der Waals surface area contributed by atoms with Gasteiger partial charge in [0.1, 0.15) is 18.1 Å². The van der Waals surface area contributed by atoms with E-state index >= 15 is 0 Å². The van der Waals surface area contributed by atoms with Gasteiger partial charge in [0.05, 0.1) is 6.61 Å². The van der Waals surface area contributed by atoms with Crippen molar-refractivity contribution in [2.45, 2.75) is 77.1 Å². The van der Waals surface area contributed by atoms with E-state index in [9.17, 15) is 33.9 Å². The van der Waals surface area contributed by atoms with Crippen LogP contribution < -0.4 is 10.7 Å². The average molecular weight is 498 g/mol. The molecule has 2 rings (SSSR count). The Kier molecular flexibility index (Phi) is 9.18. The van der Waals surface area contributed by atoms with Gasteiger partial charge in [0.2, 0.25) is 23.3 Å². The molecule has 2 heterocycles. The van der Waals surface area contributed by atoms with E-state index in [4.69, 9.17) is 0 Å². The zero-order valence-corrected chi connectivity index (χ0v) is 20.8. The lowest BCUT2D eigenvalue weighted by atomic mass is 10.1. The first-order chi connectivity index (χ1) is 16.3. The Bertz CT molecular complexity index is 876. The van der Waals surface area contributed by atoms with Gasteiger partial charge in [0, 0.05) is 27.1 Å². The highest BCUT2D eigenvalue weighted by Gasteiger charge is 2.44. The molecule has 0 radical (unpaired) electrons. The smallest absolute Gasteiger partial charge is 0.347 e. The lowest BCUT2D eigenvalue weighted by Gasteiger charge is -2.31. The maximum Gasteiger partial charge on any atom is 0.347 e. The van der Waals surface area contributed by atoms with Crippen molar-refractivity contribution in [3.63, 3.8) is 0 Å². The van der Waals surface area contributed by atoms with Gasteiger partial charge in [-0.05, 0) is 46.5 Å². The number of carbonyl (C=O) groups is 6. The van der Waals surface area contributed by atoms with Gasteiger partial charge < -0.3 is 25.0 Å². The van der Waals surface area contributed by atoms with E-state index in [0.717, 1.165) is 6.92 Å². The van der Waals surface area contributed by atoms with Gasteiger partial charge >= 0.3 is 5.97 Å². The average Bonchev–Trinajstić information content (AvgIpc) is 3.47. The van der Waals surface area contributed by atoms with Crippen LogP contribution in [0.15, 0.2) is 0 Å². The van der Waals surface area contributed by atoms with Gasteiger partial charge in [0.25, 0.3) is 11.8 Å². The largest absolute Gasteiger partial charge is 0.463 e. The highest BCUT2D eigenvalue weighted by atomic mass is 16.5. The maximum atomic E-state index is 13.0. The van der Waals surface area contributed by atoms with E-state index in [1.807, 2.05) is 0 Å². The molecule has 13 heteroatoms. The topological polar surface area (TPSA) is 166 Å². The molecule has 4 atom stereocenters. The molecule has 2 aliphatic rings. The molecule has 0 aromatic carbocycles. The molecule has 0 spiro atoms. The molecule has 0 saturated carbocycles. The molecule has 3 N–H and O–H groups in total. The first-order valence-corrected chi connectivity index (χ1v) is 11.7. The predicted octanol–water partition coefficient (Wildman–Crippen LogP) is -1.70. The number of rotatable bonds is 7. The van der Waals surface area contributed by atoms with E-state index in [-0.39, 0.29) is 19.1 Å². The standard InChI is InChI=1S/C22H35N5O8/c1-6-35-21(33)22(4,34)20(32)25(5)24-18(30)16-10-8-12-27(16)19(31)13(2)23-17(29)15-9-7-11-26(15)14(3)28/h13,15-16,34H,6-12H2,1-5H3,(H,23,29)(H,24,30)/t13-,15-,16-,22+/m0/s1. The van der Waals surface area contributed by atoms with Crippen LogP contribution in [0.5, 0.6) is 0 Å². The number of aliphatic hydroxyl groups is 1. The molecule has 0 aromatic rings. The number of amides is 5. The van der Waals surface area contributed by atoms with Crippen LogP contribution in [-0.2, 0) is 33.5 Å². The van der Waals surface area contributed by atoms with Crippen LogP contribution in [0.25, 0.3) is 0 Å². The normalized spacial score (nSPS) is 22.1. The molecule has 0 bridgehead atoms. The molecule has 35 heavy (non-hydrogen) atoms. The molecule has 0 aliphatic carbocycles. The summed E-state index contributed by atoms with van der Waals surface area (Å²) in [6.45, 7) is 6.10. The third-order valence-electron chi connectivity index (χ3n) is 6.20. The minimum atomic E-state index is -2.50. The molecule has 2 saturated heterocycles. The van der Waals surface area contributed by atoms with Crippen molar-refractivity contribution in [2.24, 2.45) is 0 Å². The number of ether oxygens (including phenoxy) is 1.